The Labute approximate surface area is 99.1 Å². The number of aliphatic hydroxyl groups is 1. The third-order valence-corrected chi connectivity index (χ3v) is 2.78. The number of nitrogens with one attached hydrogen (secondary N) is 2. The summed E-state index contributed by atoms with van der Waals surface area (Å²) in [6.45, 7) is -0.285. The number of rotatable bonds is 6. The zero-order valence-corrected chi connectivity index (χ0v) is 9.68. The number of hydrogen-bond acceptors (Lipinski definition) is 4. The predicted molar refractivity (Wildman–Crippen MR) is 58.6 cm³/mol. The molecule has 1 aliphatic rings. The van der Waals surface area contributed by atoms with Crippen LogP contribution < -0.4 is 10.6 Å². The second-order valence-corrected chi connectivity index (χ2v) is 4.05. The Morgan fingerprint density at radius 3 is 2.59 bits per heavy atom. The van der Waals surface area contributed by atoms with Crippen molar-refractivity contribution in [3.63, 3.8) is 0 Å². The van der Waals surface area contributed by atoms with E-state index in [-0.39, 0.29) is 25.2 Å². The number of carboxylic acids is 1. The molecule has 0 aliphatic heterocycles. The highest BCUT2D eigenvalue weighted by atomic mass is 16.5. The maximum Gasteiger partial charge on any atom is 0.326 e. The van der Waals surface area contributed by atoms with E-state index in [1.807, 2.05) is 0 Å². The highest BCUT2D eigenvalue weighted by molar-refractivity contribution is 5.82. The number of ether oxygens (including phenoxy) is 1. The normalized spacial score (nSPS) is 24.6. The second-order valence-electron chi connectivity index (χ2n) is 4.05. The fourth-order valence-electron chi connectivity index (χ4n) is 1.65. The summed E-state index contributed by atoms with van der Waals surface area (Å²) in [7, 11) is 1.61. The average molecular weight is 246 g/mol. The van der Waals surface area contributed by atoms with Crippen LogP contribution in [0.2, 0.25) is 0 Å². The molecule has 1 rings (SSSR count). The molecule has 2 amide bonds. The van der Waals surface area contributed by atoms with Crippen molar-refractivity contribution in [2.24, 2.45) is 0 Å². The molecule has 0 aromatic heterocycles. The van der Waals surface area contributed by atoms with Crippen molar-refractivity contribution in [1.29, 1.82) is 0 Å². The van der Waals surface area contributed by atoms with Gasteiger partial charge < -0.3 is 25.6 Å². The highest BCUT2D eigenvalue weighted by Crippen LogP contribution is 2.22. The van der Waals surface area contributed by atoms with Gasteiger partial charge >= 0.3 is 12.0 Å². The summed E-state index contributed by atoms with van der Waals surface area (Å²) in [6, 6.07) is -1.55. The number of carbonyl (C=O) groups is 2. The molecule has 0 radical (unpaired) electrons. The first-order valence-electron chi connectivity index (χ1n) is 5.50. The van der Waals surface area contributed by atoms with Gasteiger partial charge in [0.2, 0.25) is 0 Å². The van der Waals surface area contributed by atoms with E-state index in [1.165, 1.54) is 0 Å². The van der Waals surface area contributed by atoms with Gasteiger partial charge in [0.05, 0.1) is 6.10 Å². The van der Waals surface area contributed by atoms with Crippen molar-refractivity contribution >= 4 is 12.0 Å². The second kappa shape index (κ2) is 6.41. The summed E-state index contributed by atoms with van der Waals surface area (Å²) >= 11 is 0. The summed E-state index contributed by atoms with van der Waals surface area (Å²) in [5, 5.41) is 22.4. The van der Waals surface area contributed by atoms with Crippen LogP contribution in [0.15, 0.2) is 0 Å². The van der Waals surface area contributed by atoms with Crippen molar-refractivity contribution in [2.45, 2.75) is 37.5 Å². The zero-order chi connectivity index (χ0) is 12.8. The fraction of sp³-hybridized carbons (Fsp3) is 0.800. The van der Waals surface area contributed by atoms with Gasteiger partial charge in [0.25, 0.3) is 0 Å². The lowest BCUT2D eigenvalue weighted by Crippen LogP contribution is -2.54. The van der Waals surface area contributed by atoms with Crippen LogP contribution in [0, 0.1) is 0 Å². The van der Waals surface area contributed by atoms with Crippen molar-refractivity contribution in [1.82, 2.24) is 10.6 Å². The number of methoxy groups -OCH3 is 1. The largest absolute Gasteiger partial charge is 0.480 e. The van der Waals surface area contributed by atoms with Crippen LogP contribution in [-0.2, 0) is 9.53 Å². The number of carbonyl (C=O) groups excluding carboxylic acids is 1. The SMILES string of the molecule is COC1CC(NC(=O)N[C@@H](CCO)C(=O)O)C1. The number of aliphatic carboxylic acids is 1. The number of urea groups is 1. The molecule has 0 bridgehead atoms. The summed E-state index contributed by atoms with van der Waals surface area (Å²) < 4.78 is 5.06. The van der Waals surface area contributed by atoms with Gasteiger partial charge in [0, 0.05) is 26.2 Å². The van der Waals surface area contributed by atoms with E-state index in [0.717, 1.165) is 12.8 Å². The Hall–Kier alpha value is -1.34. The molecule has 0 heterocycles. The molecule has 0 aromatic carbocycles. The molecule has 1 saturated carbocycles. The molecule has 1 fully saturated rings. The minimum absolute atomic E-state index is 0.00584. The molecule has 0 spiro atoms. The molecule has 17 heavy (non-hydrogen) atoms. The average Bonchev–Trinajstić information content (AvgIpc) is 2.22. The smallest absolute Gasteiger partial charge is 0.326 e. The lowest BCUT2D eigenvalue weighted by atomic mass is 9.89. The number of aliphatic hydroxyl groups excluding tert-OH is 1. The number of hydrogen-bond donors (Lipinski definition) is 4. The van der Waals surface area contributed by atoms with E-state index >= 15 is 0 Å². The molecule has 98 valence electrons. The Bertz CT molecular complexity index is 278. The van der Waals surface area contributed by atoms with Crippen LogP contribution in [0.5, 0.6) is 0 Å². The molecular formula is C10H18N2O5. The first-order chi connectivity index (χ1) is 8.06. The summed E-state index contributed by atoms with van der Waals surface area (Å²) in [6.07, 6.45) is 1.64. The van der Waals surface area contributed by atoms with Crippen molar-refractivity contribution in [2.75, 3.05) is 13.7 Å². The standard InChI is InChI=1S/C10H18N2O5/c1-17-7-4-6(5-7)11-10(16)12-8(2-3-13)9(14)15/h6-8,13H,2-5H2,1H3,(H,14,15)(H2,11,12,16)/t6?,7?,8-/m0/s1. The minimum atomic E-state index is -1.16. The molecule has 1 aliphatic carbocycles. The summed E-state index contributed by atoms with van der Waals surface area (Å²) in [5.74, 6) is -1.16. The molecule has 7 nitrogen and oxygen atoms in total. The zero-order valence-electron chi connectivity index (χ0n) is 9.68. The van der Waals surface area contributed by atoms with Gasteiger partial charge in [-0.15, -0.1) is 0 Å². The third-order valence-electron chi connectivity index (χ3n) is 2.78. The molecule has 0 saturated heterocycles. The Morgan fingerprint density at radius 2 is 2.12 bits per heavy atom. The molecule has 1 atom stereocenters. The van der Waals surface area contributed by atoms with Gasteiger partial charge in [-0.1, -0.05) is 0 Å². The van der Waals surface area contributed by atoms with Crippen LogP contribution in [0.3, 0.4) is 0 Å². The van der Waals surface area contributed by atoms with E-state index in [0.29, 0.717) is 0 Å². The lowest BCUT2D eigenvalue weighted by Gasteiger charge is -2.34. The molecular weight excluding hydrogens is 228 g/mol. The van der Waals surface area contributed by atoms with E-state index in [1.54, 1.807) is 7.11 Å². The van der Waals surface area contributed by atoms with Gasteiger partial charge in [-0.3, -0.25) is 0 Å². The van der Waals surface area contributed by atoms with Crippen LogP contribution in [0.25, 0.3) is 0 Å². The molecule has 4 N–H and O–H groups in total. The Morgan fingerprint density at radius 1 is 1.47 bits per heavy atom. The molecule has 7 heteroatoms. The summed E-state index contributed by atoms with van der Waals surface area (Å²) in [4.78, 5) is 22.1. The van der Waals surface area contributed by atoms with Crippen LogP contribution >= 0.6 is 0 Å². The first kappa shape index (κ1) is 13.7. The van der Waals surface area contributed by atoms with Gasteiger partial charge in [0.1, 0.15) is 6.04 Å². The van der Waals surface area contributed by atoms with Crippen LogP contribution in [0.4, 0.5) is 4.79 Å². The van der Waals surface area contributed by atoms with Gasteiger partial charge in [-0.2, -0.15) is 0 Å². The van der Waals surface area contributed by atoms with Gasteiger partial charge in [-0.25, -0.2) is 9.59 Å². The predicted octanol–water partition coefficient (Wildman–Crippen LogP) is -0.701. The fourth-order valence-corrected chi connectivity index (χ4v) is 1.65. The lowest BCUT2D eigenvalue weighted by molar-refractivity contribution is -0.139. The van der Waals surface area contributed by atoms with E-state index in [2.05, 4.69) is 10.6 Å². The third kappa shape index (κ3) is 4.20. The van der Waals surface area contributed by atoms with Crippen molar-refractivity contribution in [3.05, 3.63) is 0 Å². The van der Waals surface area contributed by atoms with Crippen LogP contribution in [-0.4, -0.2) is 54.1 Å². The molecule has 0 unspecified atom stereocenters. The minimum Gasteiger partial charge on any atom is -0.480 e. The maximum atomic E-state index is 11.4. The van der Waals surface area contributed by atoms with E-state index in [9.17, 15) is 9.59 Å². The monoisotopic (exact) mass is 246 g/mol. The van der Waals surface area contributed by atoms with Crippen LogP contribution in [0.1, 0.15) is 19.3 Å². The van der Waals surface area contributed by atoms with E-state index < -0.39 is 18.0 Å². The maximum absolute atomic E-state index is 11.4. The topological polar surface area (TPSA) is 108 Å². The first-order valence-corrected chi connectivity index (χ1v) is 5.50. The number of amides is 2. The van der Waals surface area contributed by atoms with E-state index in [4.69, 9.17) is 14.9 Å². The van der Waals surface area contributed by atoms with Crippen molar-refractivity contribution in [3.8, 4) is 0 Å². The Balaban J connectivity index is 2.26. The highest BCUT2D eigenvalue weighted by Gasteiger charge is 2.30. The summed E-state index contributed by atoms with van der Waals surface area (Å²) in [5.41, 5.74) is 0. The van der Waals surface area contributed by atoms with Crippen molar-refractivity contribution < 1.29 is 24.5 Å². The van der Waals surface area contributed by atoms with Gasteiger partial charge in [0.15, 0.2) is 0 Å². The van der Waals surface area contributed by atoms with Gasteiger partial charge in [-0.05, 0) is 12.8 Å². The quantitative estimate of drug-likeness (QED) is 0.495. The number of carboxylic acid groups (broad SMARTS) is 1. The Kier molecular flexibility index (Phi) is 5.17. The molecule has 0 aromatic rings.